The number of aromatic nitrogens is 2. The van der Waals surface area contributed by atoms with E-state index in [1.807, 2.05) is 24.3 Å². The predicted octanol–water partition coefficient (Wildman–Crippen LogP) is 3.62. The summed E-state index contributed by atoms with van der Waals surface area (Å²) in [5.41, 5.74) is 0.964. The first-order chi connectivity index (χ1) is 6.27. The van der Waals surface area contributed by atoms with Gasteiger partial charge in [-0.15, -0.1) is 0 Å². The van der Waals surface area contributed by atoms with E-state index >= 15 is 0 Å². The van der Waals surface area contributed by atoms with Crippen molar-refractivity contribution in [2.75, 3.05) is 0 Å². The van der Waals surface area contributed by atoms with Crippen LogP contribution in [0.2, 0.25) is 4.47 Å². The van der Waals surface area contributed by atoms with E-state index < -0.39 is 0 Å². The first kappa shape index (κ1) is 9.12. The normalized spacial score (nSPS) is 10.3. The van der Waals surface area contributed by atoms with Crippen molar-refractivity contribution in [2.45, 2.75) is 0 Å². The summed E-state index contributed by atoms with van der Waals surface area (Å²) in [7, 11) is 0. The van der Waals surface area contributed by atoms with Gasteiger partial charge in [0.2, 0.25) is 4.47 Å². The van der Waals surface area contributed by atoms with Gasteiger partial charge in [0.15, 0.2) is 5.82 Å². The summed E-state index contributed by atoms with van der Waals surface area (Å²) < 4.78 is 5.56. The topological polar surface area (TPSA) is 25.8 Å². The Labute approximate surface area is 92.9 Å². The zero-order chi connectivity index (χ0) is 9.26. The van der Waals surface area contributed by atoms with Crippen LogP contribution in [0.25, 0.3) is 11.4 Å². The molecule has 1 aromatic carbocycles. The Hall–Kier alpha value is -0.450. The molecule has 0 saturated carbocycles. The standard InChI is InChI=1S/C8H4BrClN2S/c9-6-4-2-1-3-5(6)7-11-8(10)13-12-7/h1-4H. The lowest BCUT2D eigenvalue weighted by molar-refractivity contribution is 1.32. The zero-order valence-corrected chi connectivity index (χ0v) is 9.53. The van der Waals surface area contributed by atoms with E-state index in [-0.39, 0.29) is 0 Å². The fourth-order valence-corrected chi connectivity index (χ4v) is 2.03. The van der Waals surface area contributed by atoms with Crippen molar-refractivity contribution < 1.29 is 0 Å². The fraction of sp³-hybridized carbons (Fsp3) is 0. The molecule has 0 saturated heterocycles. The summed E-state index contributed by atoms with van der Waals surface area (Å²) in [5.74, 6) is 0.669. The molecule has 1 aromatic heterocycles. The van der Waals surface area contributed by atoms with Crippen LogP contribution >= 0.6 is 39.1 Å². The van der Waals surface area contributed by atoms with Crippen molar-refractivity contribution in [3.05, 3.63) is 33.2 Å². The van der Waals surface area contributed by atoms with Gasteiger partial charge in [0.05, 0.1) is 0 Å². The summed E-state index contributed by atoms with van der Waals surface area (Å²) in [6.45, 7) is 0. The van der Waals surface area contributed by atoms with Crippen molar-refractivity contribution in [3.63, 3.8) is 0 Å². The Kier molecular flexibility index (Phi) is 2.62. The minimum absolute atomic E-state index is 0.464. The second-order valence-corrected chi connectivity index (χ2v) is 4.54. The highest BCUT2D eigenvalue weighted by molar-refractivity contribution is 9.10. The van der Waals surface area contributed by atoms with E-state index in [4.69, 9.17) is 11.6 Å². The van der Waals surface area contributed by atoms with Crippen LogP contribution in [-0.4, -0.2) is 9.36 Å². The number of benzene rings is 1. The molecule has 66 valence electrons. The molecule has 0 fully saturated rings. The lowest BCUT2D eigenvalue weighted by Crippen LogP contribution is -1.80. The molecule has 0 aliphatic heterocycles. The van der Waals surface area contributed by atoms with Crippen LogP contribution in [0.3, 0.4) is 0 Å². The van der Waals surface area contributed by atoms with E-state index in [0.717, 1.165) is 10.0 Å². The van der Waals surface area contributed by atoms with Gasteiger partial charge in [0.25, 0.3) is 0 Å². The quantitative estimate of drug-likeness (QED) is 0.794. The Morgan fingerprint density at radius 2 is 2.08 bits per heavy atom. The molecule has 13 heavy (non-hydrogen) atoms. The van der Waals surface area contributed by atoms with Crippen LogP contribution < -0.4 is 0 Å². The monoisotopic (exact) mass is 274 g/mol. The number of halogens is 2. The predicted molar refractivity (Wildman–Crippen MR) is 58.1 cm³/mol. The molecule has 2 aromatic rings. The van der Waals surface area contributed by atoms with Crippen LogP contribution in [0.15, 0.2) is 28.7 Å². The van der Waals surface area contributed by atoms with Gasteiger partial charge < -0.3 is 0 Å². The van der Waals surface area contributed by atoms with Crippen molar-refractivity contribution in [1.82, 2.24) is 9.36 Å². The molecule has 0 atom stereocenters. The van der Waals surface area contributed by atoms with Crippen molar-refractivity contribution >= 4 is 39.1 Å². The average molecular weight is 276 g/mol. The Morgan fingerprint density at radius 1 is 1.31 bits per heavy atom. The van der Waals surface area contributed by atoms with Gasteiger partial charge in [-0.3, -0.25) is 0 Å². The summed E-state index contributed by atoms with van der Waals surface area (Å²) in [6.07, 6.45) is 0. The largest absolute Gasteiger partial charge is 0.203 e. The minimum atomic E-state index is 0.464. The summed E-state index contributed by atoms with van der Waals surface area (Å²) >= 11 is 10.3. The second-order valence-electron chi connectivity index (χ2n) is 2.35. The lowest BCUT2D eigenvalue weighted by Gasteiger charge is -1.96. The molecule has 0 radical (unpaired) electrons. The van der Waals surface area contributed by atoms with Crippen LogP contribution in [0.4, 0.5) is 0 Å². The number of hydrogen-bond donors (Lipinski definition) is 0. The molecule has 2 nitrogen and oxygen atoms in total. The maximum absolute atomic E-state index is 5.69. The highest BCUT2D eigenvalue weighted by Crippen LogP contribution is 2.27. The third kappa shape index (κ3) is 1.90. The van der Waals surface area contributed by atoms with Gasteiger partial charge in [-0.1, -0.05) is 34.1 Å². The summed E-state index contributed by atoms with van der Waals surface area (Å²) in [5, 5.41) is 0. The molecule has 0 aliphatic carbocycles. The Balaban J connectivity index is 2.52. The first-order valence-electron chi connectivity index (χ1n) is 3.51. The molecule has 0 unspecified atom stereocenters. The number of hydrogen-bond acceptors (Lipinski definition) is 3. The highest BCUT2D eigenvalue weighted by Gasteiger charge is 2.07. The van der Waals surface area contributed by atoms with Gasteiger partial charge in [-0.05, 0) is 29.2 Å². The summed E-state index contributed by atoms with van der Waals surface area (Å²) in [6, 6.07) is 7.78. The fourth-order valence-electron chi connectivity index (χ4n) is 0.957. The van der Waals surface area contributed by atoms with Crippen LogP contribution in [0, 0.1) is 0 Å². The van der Waals surface area contributed by atoms with Gasteiger partial charge in [0, 0.05) is 10.0 Å². The Bertz CT molecular complexity index is 430. The molecule has 0 N–H and O–H groups in total. The molecular weight excluding hydrogens is 272 g/mol. The smallest absolute Gasteiger partial charge is 0.203 e. The maximum atomic E-state index is 5.69. The maximum Gasteiger partial charge on any atom is 0.203 e. The van der Waals surface area contributed by atoms with Crippen LogP contribution in [-0.2, 0) is 0 Å². The molecule has 0 aliphatic rings. The molecular formula is C8H4BrClN2S. The van der Waals surface area contributed by atoms with E-state index in [1.54, 1.807) is 0 Å². The second kappa shape index (κ2) is 3.74. The number of nitrogens with zero attached hydrogens (tertiary/aromatic N) is 2. The summed E-state index contributed by atoms with van der Waals surface area (Å²) in [4.78, 5) is 4.08. The van der Waals surface area contributed by atoms with Crippen molar-refractivity contribution in [1.29, 1.82) is 0 Å². The average Bonchev–Trinajstić information content (AvgIpc) is 2.53. The van der Waals surface area contributed by atoms with Crippen LogP contribution in [0.1, 0.15) is 0 Å². The number of rotatable bonds is 1. The zero-order valence-electron chi connectivity index (χ0n) is 6.37. The van der Waals surface area contributed by atoms with E-state index in [2.05, 4.69) is 25.3 Å². The van der Waals surface area contributed by atoms with Gasteiger partial charge in [0.1, 0.15) is 0 Å². The third-order valence-corrected chi connectivity index (χ3v) is 3.01. The van der Waals surface area contributed by atoms with Gasteiger partial charge in [-0.25, -0.2) is 4.98 Å². The highest BCUT2D eigenvalue weighted by atomic mass is 79.9. The molecule has 1 heterocycles. The molecule has 5 heteroatoms. The van der Waals surface area contributed by atoms with Gasteiger partial charge >= 0.3 is 0 Å². The molecule has 0 bridgehead atoms. The Morgan fingerprint density at radius 3 is 2.69 bits per heavy atom. The van der Waals surface area contributed by atoms with Gasteiger partial charge in [-0.2, -0.15) is 4.37 Å². The van der Waals surface area contributed by atoms with Crippen molar-refractivity contribution in [2.24, 2.45) is 0 Å². The third-order valence-electron chi connectivity index (χ3n) is 1.52. The van der Waals surface area contributed by atoms with E-state index in [9.17, 15) is 0 Å². The lowest BCUT2D eigenvalue weighted by atomic mass is 10.2. The SMILES string of the molecule is Clc1nc(-c2ccccc2Br)ns1. The van der Waals surface area contributed by atoms with Crippen LogP contribution in [0.5, 0.6) is 0 Å². The molecule has 0 spiro atoms. The van der Waals surface area contributed by atoms with E-state index in [0.29, 0.717) is 10.3 Å². The van der Waals surface area contributed by atoms with E-state index in [1.165, 1.54) is 11.5 Å². The molecule has 2 rings (SSSR count). The molecule has 0 amide bonds. The minimum Gasteiger partial charge on any atom is -0.203 e. The van der Waals surface area contributed by atoms with Crippen molar-refractivity contribution in [3.8, 4) is 11.4 Å². The first-order valence-corrected chi connectivity index (χ1v) is 5.46.